The van der Waals surface area contributed by atoms with Crippen molar-refractivity contribution in [2.24, 2.45) is 0 Å². The lowest BCUT2D eigenvalue weighted by Crippen LogP contribution is -2.33. The van der Waals surface area contributed by atoms with Crippen LogP contribution in [-0.4, -0.2) is 34.9 Å². The highest BCUT2D eigenvalue weighted by Gasteiger charge is 2.35. The number of rotatable bonds is 3. The summed E-state index contributed by atoms with van der Waals surface area (Å²) in [5.74, 6) is -0.376. The van der Waals surface area contributed by atoms with Crippen molar-refractivity contribution in [3.63, 3.8) is 0 Å². The fourth-order valence-electron chi connectivity index (χ4n) is 3.57. The lowest BCUT2D eigenvalue weighted by atomic mass is 9.92. The Morgan fingerprint density at radius 3 is 2.79 bits per heavy atom. The molecule has 9 heteroatoms. The molecule has 0 spiro atoms. The minimum Gasteiger partial charge on any atom is -0.383 e. The molecule has 28 heavy (non-hydrogen) atoms. The zero-order valence-electron chi connectivity index (χ0n) is 15.5. The summed E-state index contributed by atoms with van der Waals surface area (Å²) >= 11 is 6.13. The van der Waals surface area contributed by atoms with Gasteiger partial charge in [0.05, 0.1) is 11.5 Å². The van der Waals surface area contributed by atoms with Crippen molar-refractivity contribution >= 4 is 46.7 Å². The standard InChI is InChI=1S/C19H21ClN6O2/c1-10-4-5-11(8-13(10)20)22-18(28)12-9-14(27)23-17-15(12)16(21)24-19(25-17)26-6-2-3-7-26/h4-5,8,12H,2-3,6-7,9H2,1H3,(H,22,28)(H3,21,23,24,25,27)/t12-/m1/s1. The predicted octanol–water partition coefficient (Wildman–Crippen LogP) is 2.69. The molecule has 8 nitrogen and oxygen atoms in total. The summed E-state index contributed by atoms with van der Waals surface area (Å²) in [7, 11) is 0. The molecule has 0 radical (unpaired) electrons. The second kappa shape index (κ2) is 7.27. The maximum Gasteiger partial charge on any atom is 0.232 e. The van der Waals surface area contributed by atoms with E-state index in [9.17, 15) is 9.59 Å². The first-order valence-electron chi connectivity index (χ1n) is 9.21. The number of carbonyl (C=O) groups is 2. The fourth-order valence-corrected chi connectivity index (χ4v) is 3.75. The predicted molar refractivity (Wildman–Crippen MR) is 109 cm³/mol. The number of nitrogens with one attached hydrogen (secondary N) is 2. The van der Waals surface area contributed by atoms with Crippen molar-refractivity contribution in [1.82, 2.24) is 9.97 Å². The molecule has 4 N–H and O–H groups in total. The molecule has 2 aromatic rings. The van der Waals surface area contributed by atoms with E-state index in [4.69, 9.17) is 17.3 Å². The summed E-state index contributed by atoms with van der Waals surface area (Å²) in [4.78, 5) is 36.0. The lowest BCUT2D eigenvalue weighted by molar-refractivity contribution is -0.123. The Balaban J connectivity index is 1.64. The van der Waals surface area contributed by atoms with E-state index >= 15 is 0 Å². The van der Waals surface area contributed by atoms with Crippen molar-refractivity contribution in [1.29, 1.82) is 0 Å². The number of aryl methyl sites for hydroxylation is 1. The molecule has 0 saturated carbocycles. The molecular weight excluding hydrogens is 380 g/mol. The molecule has 1 aromatic carbocycles. The van der Waals surface area contributed by atoms with Gasteiger partial charge < -0.3 is 21.3 Å². The van der Waals surface area contributed by atoms with Crippen LogP contribution in [0.5, 0.6) is 0 Å². The van der Waals surface area contributed by atoms with Crippen LogP contribution in [0.1, 0.15) is 36.3 Å². The number of hydrogen-bond acceptors (Lipinski definition) is 6. The second-order valence-electron chi connectivity index (χ2n) is 7.12. The normalized spacial score (nSPS) is 18.6. The minimum atomic E-state index is -0.767. The summed E-state index contributed by atoms with van der Waals surface area (Å²) in [5.41, 5.74) is 8.12. The SMILES string of the molecule is Cc1ccc(NC(=O)[C@@H]2CC(=O)Nc3nc(N4CCCC4)nc(N)c32)cc1Cl. The van der Waals surface area contributed by atoms with Gasteiger partial charge >= 0.3 is 0 Å². The Hall–Kier alpha value is -2.87. The highest BCUT2D eigenvalue weighted by molar-refractivity contribution is 6.31. The third-order valence-electron chi connectivity index (χ3n) is 5.10. The van der Waals surface area contributed by atoms with Gasteiger partial charge in [0.1, 0.15) is 11.6 Å². The molecule has 2 aliphatic rings. The molecule has 3 heterocycles. The molecule has 1 aromatic heterocycles. The molecule has 0 aliphatic carbocycles. The lowest BCUT2D eigenvalue weighted by Gasteiger charge is -2.26. The third-order valence-corrected chi connectivity index (χ3v) is 5.51. The van der Waals surface area contributed by atoms with Crippen molar-refractivity contribution in [2.75, 3.05) is 34.4 Å². The number of aromatic nitrogens is 2. The van der Waals surface area contributed by atoms with Crippen LogP contribution in [0.15, 0.2) is 18.2 Å². The fraction of sp³-hybridized carbons (Fsp3) is 0.368. The largest absolute Gasteiger partial charge is 0.383 e. The summed E-state index contributed by atoms with van der Waals surface area (Å²) in [6.45, 7) is 3.58. The van der Waals surface area contributed by atoms with Gasteiger partial charge in [-0.15, -0.1) is 0 Å². The first-order chi connectivity index (χ1) is 13.4. The molecule has 0 bridgehead atoms. The van der Waals surface area contributed by atoms with Crippen LogP contribution in [0.2, 0.25) is 5.02 Å². The van der Waals surface area contributed by atoms with Crippen molar-refractivity contribution in [3.05, 3.63) is 34.3 Å². The van der Waals surface area contributed by atoms with Crippen molar-refractivity contribution in [3.8, 4) is 0 Å². The van der Waals surface area contributed by atoms with Crippen LogP contribution in [0.25, 0.3) is 0 Å². The van der Waals surface area contributed by atoms with Crippen LogP contribution < -0.4 is 21.3 Å². The Labute approximate surface area is 167 Å². The van der Waals surface area contributed by atoms with E-state index in [1.165, 1.54) is 0 Å². The molecule has 2 aliphatic heterocycles. The van der Waals surface area contributed by atoms with Crippen molar-refractivity contribution in [2.45, 2.75) is 32.1 Å². The number of amides is 2. The number of anilines is 4. The average molecular weight is 401 g/mol. The van der Waals surface area contributed by atoms with E-state index in [0.717, 1.165) is 31.5 Å². The number of fused-ring (bicyclic) bond motifs is 1. The van der Waals surface area contributed by atoms with E-state index in [1.54, 1.807) is 12.1 Å². The van der Waals surface area contributed by atoms with Gasteiger partial charge in [0.2, 0.25) is 17.8 Å². The third kappa shape index (κ3) is 3.47. The highest BCUT2D eigenvalue weighted by Crippen LogP contribution is 2.37. The van der Waals surface area contributed by atoms with Gasteiger partial charge in [0.25, 0.3) is 0 Å². The maximum atomic E-state index is 12.9. The van der Waals surface area contributed by atoms with Crippen LogP contribution in [0, 0.1) is 6.92 Å². The van der Waals surface area contributed by atoms with Gasteiger partial charge in [-0.3, -0.25) is 9.59 Å². The zero-order valence-corrected chi connectivity index (χ0v) is 16.2. The van der Waals surface area contributed by atoms with Crippen LogP contribution in [0.4, 0.5) is 23.3 Å². The molecule has 1 fully saturated rings. The Morgan fingerprint density at radius 2 is 2.07 bits per heavy atom. The molecule has 4 rings (SSSR count). The van der Waals surface area contributed by atoms with E-state index < -0.39 is 5.92 Å². The summed E-state index contributed by atoms with van der Waals surface area (Å²) < 4.78 is 0. The molecule has 1 saturated heterocycles. The summed E-state index contributed by atoms with van der Waals surface area (Å²) in [6.07, 6.45) is 2.11. The van der Waals surface area contributed by atoms with E-state index in [2.05, 4.69) is 20.6 Å². The van der Waals surface area contributed by atoms with E-state index in [1.807, 2.05) is 17.9 Å². The second-order valence-corrected chi connectivity index (χ2v) is 7.53. The van der Waals surface area contributed by atoms with E-state index in [0.29, 0.717) is 28.0 Å². The number of nitrogens with two attached hydrogens (primary N) is 1. The Morgan fingerprint density at radius 1 is 1.32 bits per heavy atom. The van der Waals surface area contributed by atoms with Gasteiger partial charge in [-0.2, -0.15) is 9.97 Å². The Bertz CT molecular complexity index is 958. The molecule has 146 valence electrons. The Kier molecular flexibility index (Phi) is 4.80. The number of nitrogens with zero attached hydrogens (tertiary/aromatic N) is 3. The van der Waals surface area contributed by atoms with Crippen molar-refractivity contribution < 1.29 is 9.59 Å². The first kappa shape index (κ1) is 18.5. The average Bonchev–Trinajstić information content (AvgIpc) is 3.18. The number of halogens is 1. The molecular formula is C19H21ClN6O2. The summed E-state index contributed by atoms with van der Waals surface area (Å²) in [5, 5.41) is 6.10. The van der Waals surface area contributed by atoms with Gasteiger partial charge in [-0.1, -0.05) is 17.7 Å². The van der Waals surface area contributed by atoms with Gasteiger partial charge in [-0.25, -0.2) is 0 Å². The molecule has 1 atom stereocenters. The van der Waals surface area contributed by atoms with Crippen LogP contribution in [-0.2, 0) is 9.59 Å². The molecule has 0 unspecified atom stereocenters. The van der Waals surface area contributed by atoms with Gasteiger partial charge in [-0.05, 0) is 37.5 Å². The number of nitrogen functional groups attached to an aromatic ring is 1. The number of benzene rings is 1. The quantitative estimate of drug-likeness (QED) is 0.730. The van der Waals surface area contributed by atoms with Crippen LogP contribution in [0.3, 0.4) is 0 Å². The van der Waals surface area contributed by atoms with Gasteiger partial charge in [0, 0.05) is 30.2 Å². The number of hydrogen-bond donors (Lipinski definition) is 3. The summed E-state index contributed by atoms with van der Waals surface area (Å²) in [6, 6.07) is 5.26. The topological polar surface area (TPSA) is 113 Å². The smallest absolute Gasteiger partial charge is 0.232 e. The minimum absolute atomic E-state index is 0.0188. The first-order valence-corrected chi connectivity index (χ1v) is 9.59. The monoisotopic (exact) mass is 400 g/mol. The highest BCUT2D eigenvalue weighted by atomic mass is 35.5. The number of carbonyl (C=O) groups excluding carboxylic acids is 2. The molecule has 2 amide bonds. The zero-order chi connectivity index (χ0) is 19.8. The maximum absolute atomic E-state index is 12.9. The van der Waals surface area contributed by atoms with Crippen LogP contribution >= 0.6 is 11.6 Å². The van der Waals surface area contributed by atoms with E-state index in [-0.39, 0.29) is 24.1 Å². The van der Waals surface area contributed by atoms with Gasteiger partial charge in [0.15, 0.2) is 0 Å².